The monoisotopic (exact) mass is 317 g/mol. The standard InChI is InChI=1S/C17H16ClNO3/c18-14-7-12(8-16-17(14)22-11-21-16)9-19-5-6-20-15-4-2-1-3-13(15)10-19/h1-4,7-8H,5-6,9-11H2. The minimum absolute atomic E-state index is 0.240. The van der Waals surface area contributed by atoms with E-state index in [2.05, 4.69) is 11.0 Å². The number of fused-ring (bicyclic) bond motifs is 2. The Labute approximate surface area is 134 Å². The summed E-state index contributed by atoms with van der Waals surface area (Å²) >= 11 is 6.26. The third kappa shape index (κ3) is 2.60. The molecular weight excluding hydrogens is 302 g/mol. The first kappa shape index (κ1) is 13.7. The molecule has 2 aliphatic heterocycles. The molecule has 0 atom stereocenters. The van der Waals surface area contributed by atoms with Crippen LogP contribution in [0.2, 0.25) is 5.02 Å². The van der Waals surface area contributed by atoms with Gasteiger partial charge >= 0.3 is 0 Å². The van der Waals surface area contributed by atoms with E-state index in [1.54, 1.807) is 0 Å². The Morgan fingerprint density at radius 1 is 1.05 bits per heavy atom. The molecule has 4 nitrogen and oxygen atoms in total. The highest BCUT2D eigenvalue weighted by molar-refractivity contribution is 6.32. The molecule has 2 aromatic carbocycles. The number of hydrogen-bond donors (Lipinski definition) is 0. The summed E-state index contributed by atoms with van der Waals surface area (Å²) in [4.78, 5) is 2.35. The van der Waals surface area contributed by atoms with Crippen molar-refractivity contribution in [3.05, 3.63) is 52.5 Å². The van der Waals surface area contributed by atoms with E-state index in [-0.39, 0.29) is 6.79 Å². The molecule has 0 aliphatic carbocycles. The van der Waals surface area contributed by atoms with Crippen LogP contribution in [0.25, 0.3) is 0 Å². The summed E-state index contributed by atoms with van der Waals surface area (Å²) in [6, 6.07) is 12.1. The maximum absolute atomic E-state index is 6.26. The number of hydrogen-bond acceptors (Lipinski definition) is 4. The van der Waals surface area contributed by atoms with Crippen LogP contribution in [0, 0.1) is 0 Å². The van der Waals surface area contributed by atoms with Gasteiger partial charge < -0.3 is 14.2 Å². The summed E-state index contributed by atoms with van der Waals surface area (Å²) in [5, 5.41) is 0.608. The van der Waals surface area contributed by atoms with Gasteiger partial charge in [-0.1, -0.05) is 29.8 Å². The second-order valence-electron chi connectivity index (χ2n) is 5.48. The molecule has 0 N–H and O–H groups in total. The molecule has 22 heavy (non-hydrogen) atoms. The lowest BCUT2D eigenvalue weighted by atomic mass is 10.1. The fraction of sp³-hybridized carbons (Fsp3) is 0.294. The first-order valence-corrected chi connectivity index (χ1v) is 7.68. The van der Waals surface area contributed by atoms with Gasteiger partial charge in [-0.05, 0) is 23.8 Å². The van der Waals surface area contributed by atoms with Crippen molar-refractivity contribution in [2.75, 3.05) is 19.9 Å². The second-order valence-corrected chi connectivity index (χ2v) is 5.89. The van der Waals surface area contributed by atoms with Gasteiger partial charge in [-0.3, -0.25) is 4.90 Å². The van der Waals surface area contributed by atoms with Crippen molar-refractivity contribution in [1.82, 2.24) is 4.90 Å². The molecule has 0 fully saturated rings. The lowest BCUT2D eigenvalue weighted by Crippen LogP contribution is -2.25. The molecule has 0 radical (unpaired) electrons. The van der Waals surface area contributed by atoms with Crippen LogP contribution in [0.3, 0.4) is 0 Å². The first-order valence-electron chi connectivity index (χ1n) is 7.31. The van der Waals surface area contributed by atoms with Gasteiger partial charge in [0, 0.05) is 25.2 Å². The highest BCUT2D eigenvalue weighted by Gasteiger charge is 2.20. The van der Waals surface area contributed by atoms with E-state index in [0.29, 0.717) is 17.4 Å². The molecule has 2 aromatic rings. The Balaban J connectivity index is 1.55. The smallest absolute Gasteiger partial charge is 0.231 e. The molecule has 0 amide bonds. The molecule has 0 unspecified atom stereocenters. The minimum Gasteiger partial charge on any atom is -0.492 e. The van der Waals surface area contributed by atoms with Crippen LogP contribution in [0.15, 0.2) is 36.4 Å². The molecule has 114 valence electrons. The topological polar surface area (TPSA) is 30.9 Å². The summed E-state index contributed by atoms with van der Waals surface area (Å²) in [5.41, 5.74) is 2.33. The Kier molecular flexibility index (Phi) is 3.56. The van der Waals surface area contributed by atoms with Crippen molar-refractivity contribution < 1.29 is 14.2 Å². The predicted octanol–water partition coefficient (Wildman–Crippen LogP) is 3.46. The van der Waals surface area contributed by atoms with E-state index >= 15 is 0 Å². The van der Waals surface area contributed by atoms with E-state index in [4.69, 9.17) is 25.8 Å². The zero-order valence-corrected chi connectivity index (χ0v) is 12.8. The van der Waals surface area contributed by atoms with Crippen molar-refractivity contribution in [2.24, 2.45) is 0 Å². The van der Waals surface area contributed by atoms with Gasteiger partial charge in [-0.2, -0.15) is 0 Å². The summed E-state index contributed by atoms with van der Waals surface area (Å²) in [6.07, 6.45) is 0. The Morgan fingerprint density at radius 3 is 2.91 bits per heavy atom. The number of rotatable bonds is 2. The molecule has 4 rings (SSSR count). The Morgan fingerprint density at radius 2 is 1.95 bits per heavy atom. The summed E-state index contributed by atoms with van der Waals surface area (Å²) in [7, 11) is 0. The Hall–Kier alpha value is -1.91. The molecule has 5 heteroatoms. The van der Waals surface area contributed by atoms with E-state index in [9.17, 15) is 0 Å². The van der Waals surface area contributed by atoms with E-state index in [1.807, 2.05) is 30.3 Å². The molecule has 0 saturated carbocycles. The van der Waals surface area contributed by atoms with Gasteiger partial charge in [-0.25, -0.2) is 0 Å². The van der Waals surface area contributed by atoms with E-state index in [1.165, 1.54) is 5.56 Å². The normalized spacial score (nSPS) is 16.8. The number of nitrogens with zero attached hydrogens (tertiary/aromatic N) is 1. The average Bonchev–Trinajstić information content (AvgIpc) is 2.88. The maximum atomic E-state index is 6.26. The molecule has 0 bridgehead atoms. The summed E-state index contributed by atoms with van der Waals surface area (Å²) in [5.74, 6) is 2.36. The predicted molar refractivity (Wildman–Crippen MR) is 83.6 cm³/mol. The van der Waals surface area contributed by atoms with Crippen molar-refractivity contribution in [1.29, 1.82) is 0 Å². The quantitative estimate of drug-likeness (QED) is 0.848. The zero-order valence-electron chi connectivity index (χ0n) is 12.0. The SMILES string of the molecule is Clc1cc(CN2CCOc3ccccc3C2)cc2c1OCO2. The van der Waals surface area contributed by atoms with Crippen LogP contribution < -0.4 is 14.2 Å². The summed E-state index contributed by atoms with van der Waals surface area (Å²) < 4.78 is 16.6. The first-order chi connectivity index (χ1) is 10.8. The fourth-order valence-electron chi connectivity index (χ4n) is 2.89. The average molecular weight is 318 g/mol. The fourth-order valence-corrected chi connectivity index (χ4v) is 3.17. The number of benzene rings is 2. The van der Waals surface area contributed by atoms with Gasteiger partial charge in [0.05, 0.1) is 5.02 Å². The van der Waals surface area contributed by atoms with E-state index < -0.39 is 0 Å². The highest BCUT2D eigenvalue weighted by atomic mass is 35.5. The van der Waals surface area contributed by atoms with Crippen LogP contribution in [0.4, 0.5) is 0 Å². The molecule has 0 aromatic heterocycles. The number of para-hydroxylation sites is 1. The van der Waals surface area contributed by atoms with Gasteiger partial charge in [0.15, 0.2) is 11.5 Å². The molecule has 0 saturated heterocycles. The number of ether oxygens (including phenoxy) is 3. The van der Waals surface area contributed by atoms with Crippen molar-refractivity contribution >= 4 is 11.6 Å². The van der Waals surface area contributed by atoms with Gasteiger partial charge in [0.1, 0.15) is 12.4 Å². The zero-order chi connectivity index (χ0) is 14.9. The molecule has 2 heterocycles. The lowest BCUT2D eigenvalue weighted by Gasteiger charge is -2.19. The third-order valence-corrected chi connectivity index (χ3v) is 4.21. The lowest BCUT2D eigenvalue weighted by molar-refractivity contribution is 0.174. The van der Waals surface area contributed by atoms with Gasteiger partial charge in [0.2, 0.25) is 6.79 Å². The van der Waals surface area contributed by atoms with Crippen LogP contribution >= 0.6 is 11.6 Å². The van der Waals surface area contributed by atoms with E-state index in [0.717, 1.165) is 36.7 Å². The van der Waals surface area contributed by atoms with Crippen molar-refractivity contribution in [3.63, 3.8) is 0 Å². The van der Waals surface area contributed by atoms with Crippen LogP contribution in [0.1, 0.15) is 11.1 Å². The molecule has 0 spiro atoms. The van der Waals surface area contributed by atoms with Gasteiger partial charge in [-0.15, -0.1) is 0 Å². The third-order valence-electron chi connectivity index (χ3n) is 3.92. The highest BCUT2D eigenvalue weighted by Crippen LogP contribution is 2.40. The summed E-state index contributed by atoms with van der Waals surface area (Å²) in [6.45, 7) is 3.47. The molecule has 2 aliphatic rings. The number of halogens is 1. The van der Waals surface area contributed by atoms with Crippen LogP contribution in [-0.2, 0) is 13.1 Å². The minimum atomic E-state index is 0.240. The second kappa shape index (κ2) is 5.71. The van der Waals surface area contributed by atoms with Crippen LogP contribution in [0.5, 0.6) is 17.2 Å². The van der Waals surface area contributed by atoms with Crippen LogP contribution in [-0.4, -0.2) is 24.8 Å². The van der Waals surface area contributed by atoms with Crippen molar-refractivity contribution in [3.8, 4) is 17.2 Å². The largest absolute Gasteiger partial charge is 0.492 e. The maximum Gasteiger partial charge on any atom is 0.231 e. The molecular formula is C17H16ClNO3. The Bertz CT molecular complexity index is 704. The van der Waals surface area contributed by atoms with Crippen molar-refractivity contribution in [2.45, 2.75) is 13.1 Å². The van der Waals surface area contributed by atoms with Gasteiger partial charge in [0.25, 0.3) is 0 Å².